The Hall–Kier alpha value is 0.330. The maximum absolute atomic E-state index is 11.0. The zero-order valence-electron chi connectivity index (χ0n) is 6.03. The molecule has 0 heterocycles. The van der Waals surface area contributed by atoms with Crippen LogP contribution >= 0.6 is 0 Å². The number of halogens is 2. The third-order valence-electron chi connectivity index (χ3n) is 0.839. The van der Waals surface area contributed by atoms with Gasteiger partial charge in [-0.15, -0.1) is 0 Å². The molecule has 0 N–H and O–H groups in total. The van der Waals surface area contributed by atoms with E-state index in [0.29, 0.717) is 6.54 Å². The largest absolute Gasteiger partial charge is 1.00 e. The number of likely N-dealkylation sites (N-methyl/N-ethyl adjacent to an activating group) is 1. The average molecular weight is 202 g/mol. The van der Waals surface area contributed by atoms with Crippen LogP contribution in [-0.4, -0.2) is 38.8 Å². The van der Waals surface area contributed by atoms with Gasteiger partial charge >= 0.3 is 0 Å². The zero-order chi connectivity index (χ0) is 6.62. The first-order valence-electron chi connectivity index (χ1n) is 2.60. The first-order valence-corrected chi connectivity index (χ1v) is 2.60. The van der Waals surface area contributed by atoms with Crippen LogP contribution in [0.25, 0.3) is 0 Å². The maximum atomic E-state index is 11.0. The van der Waals surface area contributed by atoms with Crippen molar-refractivity contribution in [2.45, 2.75) is 0 Å². The van der Waals surface area contributed by atoms with Crippen LogP contribution in [0.15, 0.2) is 0 Å². The third kappa shape index (κ3) is 11.7. The molecule has 2 nitrogen and oxygen atoms in total. The second kappa shape index (κ2) is 5.14. The second-order valence-corrected chi connectivity index (χ2v) is 2.83. The molecule has 0 amide bonds. The highest BCUT2D eigenvalue weighted by Crippen LogP contribution is 1.88. The molecule has 0 spiro atoms. The van der Waals surface area contributed by atoms with E-state index in [4.69, 9.17) is 0 Å². The summed E-state index contributed by atoms with van der Waals surface area (Å²) >= 11 is 0. The molecule has 0 saturated heterocycles. The lowest BCUT2D eigenvalue weighted by Gasteiger charge is -2.22. The molecule has 0 saturated carbocycles. The quantitative estimate of drug-likeness (QED) is 0.463. The highest BCUT2D eigenvalue weighted by molar-refractivity contribution is 4.21. The van der Waals surface area contributed by atoms with Crippen molar-refractivity contribution in [3.63, 3.8) is 0 Å². The maximum Gasteiger partial charge on any atom is 0.136 e. The van der Waals surface area contributed by atoms with Gasteiger partial charge in [0.25, 0.3) is 0 Å². The van der Waals surface area contributed by atoms with E-state index in [-0.39, 0.29) is 23.6 Å². The van der Waals surface area contributed by atoms with Crippen molar-refractivity contribution >= 4 is 0 Å². The van der Waals surface area contributed by atoms with Gasteiger partial charge in [0.15, 0.2) is 0 Å². The van der Waals surface area contributed by atoms with E-state index in [0.717, 1.165) is 4.48 Å². The topological polar surface area (TPSA) is 9.23 Å². The van der Waals surface area contributed by atoms with Crippen LogP contribution in [0.1, 0.15) is 0 Å². The first kappa shape index (κ1) is 12.0. The molecule has 0 radical (unpaired) electrons. The van der Waals surface area contributed by atoms with Crippen molar-refractivity contribution in [2.75, 3.05) is 34.3 Å². The van der Waals surface area contributed by atoms with Crippen molar-refractivity contribution in [3.05, 3.63) is 0 Å². The summed E-state index contributed by atoms with van der Waals surface area (Å²) in [5.74, 6) is 0. The fraction of sp³-hybridized carbons (Fsp3) is 1.00. The molecule has 0 unspecified atom stereocenters. The molecule has 0 aliphatic rings. The lowest BCUT2D eigenvalue weighted by atomic mass is 10.5. The fourth-order valence-electron chi connectivity index (χ4n) is 0.308. The van der Waals surface area contributed by atoms with E-state index in [1.54, 1.807) is 0 Å². The molecule has 58 valence electrons. The van der Waals surface area contributed by atoms with Crippen molar-refractivity contribution in [1.82, 2.24) is 0 Å². The molecule has 0 aromatic heterocycles. The Kier molecular flexibility index (Phi) is 6.88. The predicted octanol–water partition coefficient (Wildman–Crippen LogP) is -2.40. The molecule has 0 aromatic rings. The molecule has 9 heavy (non-hydrogen) atoms. The molecule has 0 rings (SSSR count). The number of hydrogen-bond donors (Lipinski definition) is 0. The van der Waals surface area contributed by atoms with Gasteiger partial charge in [-0.3, -0.25) is 0 Å². The minimum Gasteiger partial charge on any atom is -1.00 e. The van der Waals surface area contributed by atoms with Gasteiger partial charge < -0.3 is 21.5 Å². The summed E-state index contributed by atoms with van der Waals surface area (Å²) in [5, 5.41) is 0. The number of rotatable bonds is 3. The summed E-state index contributed by atoms with van der Waals surface area (Å²) < 4.78 is 11.8. The monoisotopic (exact) mass is 201 g/mol. The van der Waals surface area contributed by atoms with E-state index >= 15 is 0 Å². The Labute approximate surface area is 65.9 Å². The lowest BCUT2D eigenvalue weighted by Crippen LogP contribution is -3.00. The third-order valence-corrected chi connectivity index (χ3v) is 0.839. The summed E-state index contributed by atoms with van der Waals surface area (Å²) in [5.41, 5.74) is 0. The van der Waals surface area contributed by atoms with Gasteiger partial charge in [-0.05, 0) is 4.53 Å². The van der Waals surface area contributed by atoms with Gasteiger partial charge in [0.1, 0.15) is 13.2 Å². The van der Waals surface area contributed by atoms with Crippen LogP contribution in [0.2, 0.25) is 0 Å². The molecule has 0 aliphatic carbocycles. The molecule has 0 aromatic carbocycles. The molecule has 0 bridgehead atoms. The van der Waals surface area contributed by atoms with Crippen molar-refractivity contribution < 1.29 is 30.9 Å². The van der Waals surface area contributed by atoms with Gasteiger partial charge in [0, 0.05) is 0 Å². The second-order valence-electron chi connectivity index (χ2n) is 2.83. The summed E-state index contributed by atoms with van der Waals surface area (Å²) in [6.07, 6.45) is 0. The summed E-state index contributed by atoms with van der Waals surface area (Å²) in [6.45, 7) is 0.889. The molecular weight excluding hydrogens is 189 g/mol. The van der Waals surface area contributed by atoms with E-state index in [1.165, 1.54) is 0 Å². The Balaban J connectivity index is 0. The highest BCUT2D eigenvalue weighted by Gasteiger charge is 2.04. The fourth-order valence-corrected chi connectivity index (χ4v) is 0.308. The summed E-state index contributed by atoms with van der Waals surface area (Å²) in [4.78, 5) is 3.40. The molecule has 0 fully saturated rings. The van der Waals surface area contributed by atoms with Gasteiger partial charge in [-0.2, -0.15) is 4.94 Å². The van der Waals surface area contributed by atoms with Gasteiger partial charge in [0.2, 0.25) is 0 Å². The standard InChI is InChI=1S/C5H13FNO.BrH/c1-7(2,3)4-5-8-6;/h4-5H2,1-3H3;1H/q+1;/p-1. The van der Waals surface area contributed by atoms with Crippen LogP contribution in [0.3, 0.4) is 0 Å². The summed E-state index contributed by atoms with van der Waals surface area (Å²) in [6, 6.07) is 0. The van der Waals surface area contributed by atoms with Crippen LogP contribution in [0, 0.1) is 0 Å². The Morgan fingerprint density at radius 3 is 1.89 bits per heavy atom. The van der Waals surface area contributed by atoms with E-state index in [9.17, 15) is 4.53 Å². The van der Waals surface area contributed by atoms with E-state index in [1.807, 2.05) is 21.1 Å². The van der Waals surface area contributed by atoms with Crippen LogP contribution in [-0.2, 0) is 4.94 Å². The van der Waals surface area contributed by atoms with Gasteiger partial charge in [-0.25, -0.2) is 0 Å². The van der Waals surface area contributed by atoms with E-state index in [2.05, 4.69) is 4.94 Å². The minimum absolute atomic E-state index is 0. The Morgan fingerprint density at radius 1 is 1.33 bits per heavy atom. The van der Waals surface area contributed by atoms with Crippen molar-refractivity contribution in [2.24, 2.45) is 0 Å². The first-order chi connectivity index (χ1) is 3.56. The van der Waals surface area contributed by atoms with Gasteiger partial charge in [-0.1, -0.05) is 0 Å². The smallest absolute Gasteiger partial charge is 0.136 e. The SMILES string of the molecule is C[N+](C)(C)CCOF.[Br-]. The number of quaternary nitrogens is 1. The number of hydrogen-bond acceptors (Lipinski definition) is 1. The molecule has 0 aliphatic heterocycles. The molecule has 4 heteroatoms. The minimum atomic E-state index is 0. The van der Waals surface area contributed by atoms with Crippen molar-refractivity contribution in [1.29, 1.82) is 0 Å². The van der Waals surface area contributed by atoms with Crippen LogP contribution < -0.4 is 17.0 Å². The zero-order valence-corrected chi connectivity index (χ0v) is 7.61. The number of nitrogens with zero attached hydrogens (tertiary/aromatic N) is 1. The highest BCUT2D eigenvalue weighted by atomic mass is 79.9. The Bertz CT molecular complexity index is 64.5. The lowest BCUT2D eigenvalue weighted by molar-refractivity contribution is -0.871. The molecular formula is C5H13BrFNO. The van der Waals surface area contributed by atoms with Crippen LogP contribution in [0.4, 0.5) is 4.53 Å². The van der Waals surface area contributed by atoms with Crippen LogP contribution in [0.5, 0.6) is 0 Å². The Morgan fingerprint density at radius 2 is 1.78 bits per heavy atom. The molecule has 0 atom stereocenters. The average Bonchev–Trinajstić information content (AvgIpc) is 1.59. The normalized spacial score (nSPS) is 10.7. The predicted molar refractivity (Wildman–Crippen MR) is 30.0 cm³/mol. The summed E-state index contributed by atoms with van der Waals surface area (Å²) in [7, 11) is 5.96. The van der Waals surface area contributed by atoms with E-state index < -0.39 is 0 Å². The van der Waals surface area contributed by atoms with Crippen molar-refractivity contribution in [3.8, 4) is 0 Å². The van der Waals surface area contributed by atoms with Gasteiger partial charge in [0.05, 0.1) is 21.1 Å².